The standard InChI is InChI=1S/C24H23F3N4O5S/c1-30-20(14-21(29-30)24(25,26)27)22(32)28-17-9-11-18(12-10-17)37(34,35)31-13-5-8-19(31)23(33)36-15-16-6-3-2-4-7-16/h2-4,6-7,9-12,14,19H,5,8,13,15H2,1H3,(H,28,32)/t19-/m0/s1. The summed E-state index contributed by atoms with van der Waals surface area (Å²) in [4.78, 5) is 25.0. The highest BCUT2D eigenvalue weighted by atomic mass is 32.2. The molecule has 9 nitrogen and oxygen atoms in total. The average molecular weight is 537 g/mol. The molecule has 2 heterocycles. The predicted molar refractivity (Wildman–Crippen MR) is 126 cm³/mol. The van der Waals surface area contributed by atoms with E-state index >= 15 is 0 Å². The van der Waals surface area contributed by atoms with Crippen molar-refractivity contribution in [3.63, 3.8) is 0 Å². The normalized spacial score (nSPS) is 16.5. The van der Waals surface area contributed by atoms with E-state index in [1.54, 1.807) is 24.3 Å². The molecule has 1 aromatic heterocycles. The number of nitrogens with zero attached hydrogens (tertiary/aromatic N) is 3. The second kappa shape index (κ2) is 10.3. The first-order valence-electron chi connectivity index (χ1n) is 11.2. The van der Waals surface area contributed by atoms with Crippen LogP contribution in [-0.2, 0) is 39.4 Å². The summed E-state index contributed by atoms with van der Waals surface area (Å²) in [5.74, 6) is -1.48. The lowest BCUT2D eigenvalue weighted by Gasteiger charge is -2.23. The van der Waals surface area contributed by atoms with Crippen LogP contribution in [0, 0.1) is 0 Å². The van der Waals surface area contributed by atoms with Gasteiger partial charge in [0, 0.05) is 25.3 Å². The summed E-state index contributed by atoms with van der Waals surface area (Å²) in [6.45, 7) is 0.174. The predicted octanol–water partition coefficient (Wildman–Crippen LogP) is 3.59. The molecule has 1 N–H and O–H groups in total. The number of aromatic nitrogens is 2. The molecule has 37 heavy (non-hydrogen) atoms. The number of esters is 1. The number of halogens is 3. The van der Waals surface area contributed by atoms with Crippen molar-refractivity contribution in [3.8, 4) is 0 Å². The minimum atomic E-state index is -4.70. The summed E-state index contributed by atoms with van der Waals surface area (Å²) in [7, 11) is -2.85. The lowest BCUT2D eigenvalue weighted by molar-refractivity contribution is -0.148. The molecule has 4 rings (SSSR count). The van der Waals surface area contributed by atoms with Gasteiger partial charge in [0.25, 0.3) is 5.91 Å². The smallest absolute Gasteiger partial charge is 0.435 e. The lowest BCUT2D eigenvalue weighted by Crippen LogP contribution is -2.41. The average Bonchev–Trinajstić information content (AvgIpc) is 3.51. The van der Waals surface area contributed by atoms with E-state index in [1.165, 1.54) is 31.3 Å². The molecular formula is C24H23F3N4O5S. The molecule has 0 saturated carbocycles. The van der Waals surface area contributed by atoms with Gasteiger partial charge in [-0.15, -0.1) is 0 Å². The third kappa shape index (κ3) is 5.83. The number of alkyl halides is 3. The van der Waals surface area contributed by atoms with E-state index in [0.717, 1.165) is 14.6 Å². The largest absolute Gasteiger partial charge is 0.460 e. The number of hydrogen-bond donors (Lipinski definition) is 1. The van der Waals surface area contributed by atoms with E-state index in [9.17, 15) is 31.2 Å². The Labute approximate surface area is 210 Å². The number of anilines is 1. The highest BCUT2D eigenvalue weighted by molar-refractivity contribution is 7.89. The third-order valence-electron chi connectivity index (χ3n) is 5.82. The molecular weight excluding hydrogens is 513 g/mol. The third-order valence-corrected chi connectivity index (χ3v) is 7.74. The minimum absolute atomic E-state index is 0.0274. The van der Waals surface area contributed by atoms with Crippen molar-refractivity contribution in [2.75, 3.05) is 11.9 Å². The molecule has 1 amide bonds. The van der Waals surface area contributed by atoms with Crippen LogP contribution in [0.15, 0.2) is 65.6 Å². The van der Waals surface area contributed by atoms with Crippen LogP contribution in [-0.4, -0.2) is 47.0 Å². The zero-order valence-corrected chi connectivity index (χ0v) is 20.4. The van der Waals surface area contributed by atoms with Gasteiger partial charge in [0.2, 0.25) is 10.0 Å². The van der Waals surface area contributed by atoms with E-state index in [-0.39, 0.29) is 29.4 Å². The van der Waals surface area contributed by atoms with Gasteiger partial charge < -0.3 is 10.1 Å². The van der Waals surface area contributed by atoms with Crippen LogP contribution >= 0.6 is 0 Å². The molecule has 0 bridgehead atoms. The lowest BCUT2D eigenvalue weighted by atomic mass is 10.2. The van der Waals surface area contributed by atoms with Crippen molar-refractivity contribution in [1.29, 1.82) is 0 Å². The molecule has 196 valence electrons. The van der Waals surface area contributed by atoms with Gasteiger partial charge >= 0.3 is 12.1 Å². The Morgan fingerprint density at radius 3 is 2.41 bits per heavy atom. The number of carbonyl (C=O) groups is 2. The van der Waals surface area contributed by atoms with Gasteiger partial charge in [-0.3, -0.25) is 14.3 Å². The Kier molecular flexibility index (Phi) is 7.37. The Balaban J connectivity index is 1.43. The molecule has 1 aliphatic heterocycles. The van der Waals surface area contributed by atoms with Crippen LogP contribution in [0.5, 0.6) is 0 Å². The number of hydrogen-bond acceptors (Lipinski definition) is 6. The zero-order valence-electron chi connectivity index (χ0n) is 19.6. The first-order chi connectivity index (χ1) is 17.5. The summed E-state index contributed by atoms with van der Waals surface area (Å²) < 4.78 is 72.3. The van der Waals surface area contributed by atoms with Crippen molar-refractivity contribution in [1.82, 2.24) is 14.1 Å². The molecule has 0 aliphatic carbocycles. The van der Waals surface area contributed by atoms with Gasteiger partial charge in [0.05, 0.1) is 4.90 Å². The van der Waals surface area contributed by atoms with Gasteiger partial charge in [-0.2, -0.15) is 22.6 Å². The van der Waals surface area contributed by atoms with E-state index in [2.05, 4.69) is 10.4 Å². The van der Waals surface area contributed by atoms with Gasteiger partial charge in [-0.05, 0) is 42.7 Å². The fraction of sp³-hybridized carbons (Fsp3) is 0.292. The SMILES string of the molecule is Cn1nc(C(F)(F)F)cc1C(=O)Nc1ccc(S(=O)(=O)N2CCC[C@H]2C(=O)OCc2ccccc2)cc1. The van der Waals surface area contributed by atoms with Gasteiger partial charge in [-0.25, -0.2) is 8.42 Å². The molecule has 0 spiro atoms. The van der Waals surface area contributed by atoms with Crippen LogP contribution in [0.4, 0.5) is 18.9 Å². The van der Waals surface area contributed by atoms with Crippen molar-refractivity contribution < 1.29 is 35.9 Å². The molecule has 1 saturated heterocycles. The van der Waals surface area contributed by atoms with Crippen molar-refractivity contribution in [2.24, 2.45) is 7.05 Å². The number of aryl methyl sites for hydroxylation is 1. The van der Waals surface area contributed by atoms with Crippen LogP contribution in [0.1, 0.15) is 34.6 Å². The van der Waals surface area contributed by atoms with Crippen LogP contribution < -0.4 is 5.32 Å². The summed E-state index contributed by atoms with van der Waals surface area (Å²) in [5.41, 5.74) is -0.581. The van der Waals surface area contributed by atoms with Crippen molar-refractivity contribution in [2.45, 2.75) is 36.6 Å². The maximum absolute atomic E-state index is 13.2. The summed E-state index contributed by atoms with van der Waals surface area (Å²) >= 11 is 0. The monoisotopic (exact) mass is 536 g/mol. The van der Waals surface area contributed by atoms with Crippen molar-refractivity contribution in [3.05, 3.63) is 77.6 Å². The molecule has 0 unspecified atom stereocenters. The topological polar surface area (TPSA) is 111 Å². The molecule has 3 aromatic rings. The number of amides is 1. The maximum Gasteiger partial charge on any atom is 0.435 e. The zero-order chi connectivity index (χ0) is 26.8. The number of benzene rings is 2. The Morgan fingerprint density at radius 1 is 1.11 bits per heavy atom. The number of rotatable bonds is 7. The number of nitrogens with one attached hydrogen (secondary N) is 1. The van der Waals surface area contributed by atoms with E-state index < -0.39 is 39.8 Å². The molecule has 2 aromatic carbocycles. The second-order valence-corrected chi connectivity index (χ2v) is 10.3. The minimum Gasteiger partial charge on any atom is -0.460 e. The Morgan fingerprint density at radius 2 is 1.78 bits per heavy atom. The summed E-state index contributed by atoms with van der Waals surface area (Å²) in [5, 5.41) is 5.72. The highest BCUT2D eigenvalue weighted by Crippen LogP contribution is 2.30. The molecule has 1 atom stereocenters. The quantitative estimate of drug-likeness (QED) is 0.462. The van der Waals surface area contributed by atoms with E-state index in [1.807, 2.05) is 6.07 Å². The first kappa shape index (κ1) is 26.4. The molecule has 13 heteroatoms. The van der Waals surface area contributed by atoms with Crippen molar-refractivity contribution >= 4 is 27.6 Å². The Bertz CT molecular complexity index is 1390. The number of sulfonamides is 1. The van der Waals surface area contributed by atoms with Gasteiger partial charge in [0.1, 0.15) is 18.3 Å². The highest BCUT2D eigenvalue weighted by Gasteiger charge is 2.40. The van der Waals surface area contributed by atoms with Gasteiger partial charge in [-0.1, -0.05) is 30.3 Å². The van der Waals surface area contributed by atoms with Crippen LogP contribution in [0.2, 0.25) is 0 Å². The number of ether oxygens (including phenoxy) is 1. The van der Waals surface area contributed by atoms with Crippen LogP contribution in [0.3, 0.4) is 0 Å². The fourth-order valence-corrected chi connectivity index (χ4v) is 5.59. The van der Waals surface area contributed by atoms with Crippen LogP contribution in [0.25, 0.3) is 0 Å². The van der Waals surface area contributed by atoms with Gasteiger partial charge in [0.15, 0.2) is 5.69 Å². The molecule has 1 fully saturated rings. The Hall–Kier alpha value is -3.71. The second-order valence-electron chi connectivity index (χ2n) is 8.38. The first-order valence-corrected chi connectivity index (χ1v) is 12.7. The maximum atomic E-state index is 13.2. The summed E-state index contributed by atoms with van der Waals surface area (Å²) in [6.07, 6.45) is -3.89. The van der Waals surface area contributed by atoms with E-state index in [0.29, 0.717) is 18.9 Å². The van der Waals surface area contributed by atoms with E-state index in [4.69, 9.17) is 4.74 Å². The molecule has 1 aliphatic rings. The molecule has 0 radical (unpaired) electrons. The summed E-state index contributed by atoms with van der Waals surface area (Å²) in [6, 6.07) is 13.8. The fourth-order valence-electron chi connectivity index (χ4n) is 3.95. The number of carbonyl (C=O) groups excluding carboxylic acids is 2.